The number of para-hydroxylation sites is 1. The monoisotopic (exact) mass is 439 g/mol. The van der Waals surface area contributed by atoms with Crippen LogP contribution >= 0.6 is 0 Å². The Labute approximate surface area is 178 Å². The highest BCUT2D eigenvalue weighted by molar-refractivity contribution is 6.01. The molecule has 10 heteroatoms. The van der Waals surface area contributed by atoms with Crippen LogP contribution in [-0.4, -0.2) is 25.5 Å². The number of nitrogens with zero attached hydrogens (tertiary/aromatic N) is 3. The van der Waals surface area contributed by atoms with Crippen LogP contribution in [0, 0.1) is 0 Å². The fourth-order valence-corrected chi connectivity index (χ4v) is 4.66. The number of hydrogen-bond donors (Lipinski definition) is 2. The van der Waals surface area contributed by atoms with Gasteiger partial charge in [-0.2, -0.15) is 18.2 Å². The summed E-state index contributed by atoms with van der Waals surface area (Å²) in [6.45, 7) is 0. The number of H-pyrrole nitrogens is 1. The van der Waals surface area contributed by atoms with Gasteiger partial charge in [-0.15, -0.1) is 5.10 Å². The van der Waals surface area contributed by atoms with Gasteiger partial charge in [-0.1, -0.05) is 18.2 Å². The first kappa shape index (κ1) is 18.9. The molecule has 2 N–H and O–H groups in total. The third-order valence-corrected chi connectivity index (χ3v) is 6.03. The smallest absolute Gasteiger partial charge is 0.453 e. The first-order valence-corrected chi connectivity index (χ1v) is 10.1. The van der Waals surface area contributed by atoms with Gasteiger partial charge in [-0.3, -0.25) is 4.79 Å². The zero-order valence-corrected chi connectivity index (χ0v) is 16.5. The molecular formula is C22H16F3N5O2. The summed E-state index contributed by atoms with van der Waals surface area (Å²) < 4.78 is 46.9. The van der Waals surface area contributed by atoms with Gasteiger partial charge in [0.05, 0.1) is 6.26 Å². The van der Waals surface area contributed by atoms with Gasteiger partial charge in [0.25, 0.3) is 5.82 Å². The average molecular weight is 439 g/mol. The first-order valence-electron chi connectivity index (χ1n) is 10.1. The summed E-state index contributed by atoms with van der Waals surface area (Å²) in [7, 11) is 0. The van der Waals surface area contributed by atoms with Crippen molar-refractivity contribution >= 4 is 22.6 Å². The maximum Gasteiger partial charge on any atom is 0.453 e. The predicted molar refractivity (Wildman–Crippen MR) is 108 cm³/mol. The highest BCUT2D eigenvalue weighted by atomic mass is 19.4. The van der Waals surface area contributed by atoms with Crippen molar-refractivity contribution in [2.24, 2.45) is 0 Å². The van der Waals surface area contributed by atoms with Crippen molar-refractivity contribution in [2.45, 2.75) is 31.0 Å². The Hall–Kier alpha value is -3.82. The van der Waals surface area contributed by atoms with Crippen LogP contribution in [0.2, 0.25) is 0 Å². The fraction of sp³-hybridized carbons (Fsp3) is 0.227. The Morgan fingerprint density at radius 2 is 1.97 bits per heavy atom. The summed E-state index contributed by atoms with van der Waals surface area (Å²) in [6, 6.07) is 10.2. The largest absolute Gasteiger partial charge is 0.469 e. The number of furan rings is 1. The van der Waals surface area contributed by atoms with Crippen LogP contribution < -0.4 is 5.32 Å². The highest BCUT2D eigenvalue weighted by Gasteiger charge is 2.44. The summed E-state index contributed by atoms with van der Waals surface area (Å²) in [5, 5.41) is 7.52. The Morgan fingerprint density at radius 3 is 2.75 bits per heavy atom. The standard InChI is InChI=1S/C22H16F3N5O2/c23-22(24,25)20-28-21-27-15-8-11(17-6-3-7-32-17)9-16(31)18(15)19(30(21)29-20)13-10-26-14-5-2-1-4-12(13)14/h1-7,10-11,19,26H,8-9H2,(H,27,28,29)/t11-,19+/m1/s1. The molecule has 0 bridgehead atoms. The minimum absolute atomic E-state index is 0.0424. The molecule has 6 rings (SSSR count). The van der Waals surface area contributed by atoms with Gasteiger partial charge >= 0.3 is 6.18 Å². The minimum Gasteiger partial charge on any atom is -0.469 e. The molecule has 0 saturated carbocycles. The van der Waals surface area contributed by atoms with Crippen molar-refractivity contribution in [2.75, 3.05) is 5.32 Å². The van der Waals surface area contributed by atoms with Crippen LogP contribution in [0.5, 0.6) is 0 Å². The second-order valence-electron chi connectivity index (χ2n) is 7.95. The van der Waals surface area contributed by atoms with Crippen molar-refractivity contribution in [3.8, 4) is 0 Å². The van der Waals surface area contributed by atoms with Gasteiger partial charge in [-0.05, 0) is 24.6 Å². The minimum atomic E-state index is -4.71. The molecular weight excluding hydrogens is 423 g/mol. The number of nitrogens with one attached hydrogen (secondary N) is 2. The molecule has 2 aliphatic rings. The number of rotatable bonds is 2. The lowest BCUT2D eigenvalue weighted by atomic mass is 9.79. The number of Topliss-reactive ketones (excluding diaryl/α,β-unsaturated/α-hetero) is 1. The molecule has 1 aromatic carbocycles. The van der Waals surface area contributed by atoms with E-state index in [1.807, 2.05) is 24.3 Å². The van der Waals surface area contributed by atoms with E-state index in [4.69, 9.17) is 4.42 Å². The van der Waals surface area contributed by atoms with Crippen LogP contribution in [0.1, 0.15) is 41.9 Å². The normalized spacial score (nSPS) is 20.9. The van der Waals surface area contributed by atoms with E-state index in [1.165, 1.54) is 4.68 Å². The van der Waals surface area contributed by atoms with Gasteiger partial charge in [0, 0.05) is 46.3 Å². The van der Waals surface area contributed by atoms with Gasteiger partial charge in [0.1, 0.15) is 11.8 Å². The molecule has 3 aromatic heterocycles. The Balaban J connectivity index is 1.54. The number of aromatic nitrogens is 4. The third-order valence-electron chi connectivity index (χ3n) is 6.03. The summed E-state index contributed by atoms with van der Waals surface area (Å²) >= 11 is 0. The summed E-state index contributed by atoms with van der Waals surface area (Å²) in [6.07, 6.45) is -0.836. The molecule has 0 spiro atoms. The molecule has 7 nitrogen and oxygen atoms in total. The SMILES string of the molecule is O=C1C[C@H](c2ccco2)CC2=C1[C@H](c1c[nH]c3ccccc13)n1nc(C(F)(F)F)nc1N2. The number of carbonyl (C=O) groups is 1. The van der Waals surface area contributed by atoms with Crippen LogP contribution in [-0.2, 0) is 11.0 Å². The summed E-state index contributed by atoms with van der Waals surface area (Å²) in [4.78, 5) is 20.2. The number of carbonyl (C=O) groups excluding carboxylic acids is 1. The molecule has 32 heavy (non-hydrogen) atoms. The van der Waals surface area contributed by atoms with Crippen molar-refractivity contribution < 1.29 is 22.4 Å². The third kappa shape index (κ3) is 2.79. The average Bonchev–Trinajstić information content (AvgIpc) is 3.50. The van der Waals surface area contributed by atoms with E-state index in [-0.39, 0.29) is 24.1 Å². The quantitative estimate of drug-likeness (QED) is 0.469. The van der Waals surface area contributed by atoms with Gasteiger partial charge in [0.15, 0.2) is 5.78 Å². The Bertz CT molecular complexity index is 1380. The lowest BCUT2D eigenvalue weighted by molar-refractivity contribution is -0.145. The predicted octanol–water partition coefficient (Wildman–Crippen LogP) is 4.79. The van der Waals surface area contributed by atoms with Gasteiger partial charge in [0.2, 0.25) is 5.95 Å². The molecule has 2 atom stereocenters. The molecule has 0 unspecified atom stereocenters. The fourth-order valence-electron chi connectivity index (χ4n) is 4.66. The number of aromatic amines is 1. The number of allylic oxidation sites excluding steroid dienone is 2. The van der Waals surface area contributed by atoms with E-state index in [1.54, 1.807) is 24.6 Å². The number of fused-ring (bicyclic) bond motifs is 2. The van der Waals surface area contributed by atoms with Gasteiger partial charge in [-0.25, -0.2) is 4.68 Å². The topological polar surface area (TPSA) is 88.7 Å². The first-order chi connectivity index (χ1) is 15.4. The van der Waals surface area contributed by atoms with E-state index < -0.39 is 18.0 Å². The number of hydrogen-bond acceptors (Lipinski definition) is 5. The van der Waals surface area contributed by atoms with Crippen molar-refractivity contribution in [1.82, 2.24) is 19.7 Å². The van der Waals surface area contributed by atoms with E-state index in [2.05, 4.69) is 20.4 Å². The van der Waals surface area contributed by atoms with Gasteiger partial charge < -0.3 is 14.7 Å². The zero-order chi connectivity index (χ0) is 22.0. The van der Waals surface area contributed by atoms with Crippen LogP contribution in [0.4, 0.5) is 19.1 Å². The maximum atomic E-state index is 13.4. The lowest BCUT2D eigenvalue weighted by Crippen LogP contribution is -2.33. The second kappa shape index (κ2) is 6.59. The molecule has 1 aliphatic carbocycles. The molecule has 0 saturated heterocycles. The summed E-state index contributed by atoms with van der Waals surface area (Å²) in [5.74, 6) is -0.994. The van der Waals surface area contributed by atoms with Crippen molar-refractivity contribution in [3.05, 3.63) is 77.3 Å². The number of benzene rings is 1. The number of anilines is 1. The van der Waals surface area contributed by atoms with E-state index in [0.29, 0.717) is 29.0 Å². The number of alkyl halides is 3. The van der Waals surface area contributed by atoms with E-state index in [9.17, 15) is 18.0 Å². The zero-order valence-electron chi connectivity index (χ0n) is 16.5. The lowest BCUT2D eigenvalue weighted by Gasteiger charge is -2.34. The summed E-state index contributed by atoms with van der Waals surface area (Å²) in [5.41, 5.74) is 2.44. The Morgan fingerprint density at radius 1 is 1.12 bits per heavy atom. The maximum absolute atomic E-state index is 13.4. The molecule has 1 aliphatic heterocycles. The van der Waals surface area contributed by atoms with Crippen LogP contribution in [0.15, 0.2) is 64.5 Å². The molecule has 162 valence electrons. The molecule has 4 heterocycles. The van der Waals surface area contributed by atoms with Crippen molar-refractivity contribution in [1.29, 1.82) is 0 Å². The highest BCUT2D eigenvalue weighted by Crippen LogP contribution is 2.46. The van der Waals surface area contributed by atoms with E-state index >= 15 is 0 Å². The van der Waals surface area contributed by atoms with Crippen molar-refractivity contribution in [3.63, 3.8) is 0 Å². The number of ketones is 1. The van der Waals surface area contributed by atoms with Crippen LogP contribution in [0.3, 0.4) is 0 Å². The van der Waals surface area contributed by atoms with Crippen LogP contribution in [0.25, 0.3) is 10.9 Å². The van der Waals surface area contributed by atoms with E-state index in [0.717, 1.165) is 10.9 Å². The molecule has 4 aromatic rings. The molecule has 0 radical (unpaired) electrons. The molecule has 0 fully saturated rings. The molecule has 0 amide bonds. The number of halogens is 3. The second-order valence-corrected chi connectivity index (χ2v) is 7.95. The Kier molecular flexibility index (Phi) is 3.89.